The maximum absolute atomic E-state index is 12.8. The zero-order chi connectivity index (χ0) is 18.0. The molecule has 2 aliphatic heterocycles. The summed E-state index contributed by atoms with van der Waals surface area (Å²) in [4.78, 5) is 39.2. The first-order valence-electron chi connectivity index (χ1n) is 9.05. The zero-order valence-corrected chi connectivity index (χ0v) is 15.4. The highest BCUT2D eigenvalue weighted by atomic mass is 16.2. The lowest BCUT2D eigenvalue weighted by atomic mass is 9.95. The van der Waals surface area contributed by atoms with Gasteiger partial charge < -0.3 is 14.7 Å². The van der Waals surface area contributed by atoms with Crippen molar-refractivity contribution >= 4 is 17.6 Å². The lowest BCUT2D eigenvalue weighted by molar-refractivity contribution is -0.141. The third-order valence-electron chi connectivity index (χ3n) is 5.23. The minimum absolute atomic E-state index is 0.0817. The second-order valence-electron chi connectivity index (χ2n) is 7.01. The van der Waals surface area contributed by atoms with Crippen LogP contribution in [0, 0.1) is 19.8 Å². The van der Waals surface area contributed by atoms with Gasteiger partial charge in [0.1, 0.15) is 5.82 Å². The van der Waals surface area contributed by atoms with Gasteiger partial charge in [0.2, 0.25) is 11.8 Å². The van der Waals surface area contributed by atoms with Crippen LogP contribution in [0.2, 0.25) is 0 Å². The molecular weight excluding hydrogens is 318 g/mol. The van der Waals surface area contributed by atoms with Crippen molar-refractivity contribution in [1.29, 1.82) is 0 Å². The number of aryl methyl sites for hydroxylation is 2. The Hall–Kier alpha value is -2.18. The lowest BCUT2D eigenvalue weighted by Gasteiger charge is -2.38. The van der Waals surface area contributed by atoms with Gasteiger partial charge in [-0.15, -0.1) is 0 Å². The van der Waals surface area contributed by atoms with E-state index in [1.807, 2.05) is 23.6 Å². The van der Waals surface area contributed by atoms with Gasteiger partial charge in [-0.25, -0.2) is 4.98 Å². The molecule has 2 amide bonds. The van der Waals surface area contributed by atoms with Gasteiger partial charge in [-0.1, -0.05) is 0 Å². The fraction of sp³-hybridized carbons (Fsp3) is 0.667. The fourth-order valence-corrected chi connectivity index (χ4v) is 3.66. The van der Waals surface area contributed by atoms with E-state index in [2.05, 4.69) is 14.9 Å². The fourth-order valence-electron chi connectivity index (χ4n) is 3.66. The van der Waals surface area contributed by atoms with Crippen LogP contribution in [0.5, 0.6) is 0 Å². The molecule has 2 fully saturated rings. The van der Waals surface area contributed by atoms with Gasteiger partial charge >= 0.3 is 0 Å². The molecule has 0 radical (unpaired) electrons. The van der Waals surface area contributed by atoms with E-state index >= 15 is 0 Å². The normalized spacial score (nSPS) is 19.2. The first kappa shape index (κ1) is 17.6. The average molecular weight is 345 g/mol. The molecule has 2 saturated heterocycles. The van der Waals surface area contributed by atoms with Crippen molar-refractivity contribution in [3.8, 4) is 0 Å². The van der Waals surface area contributed by atoms with E-state index in [-0.39, 0.29) is 17.7 Å². The summed E-state index contributed by atoms with van der Waals surface area (Å²) in [7, 11) is 0. The number of carbonyl (C=O) groups is 2. The Labute approximate surface area is 149 Å². The maximum Gasteiger partial charge on any atom is 0.225 e. The van der Waals surface area contributed by atoms with Crippen molar-refractivity contribution in [3.63, 3.8) is 0 Å². The Morgan fingerprint density at radius 3 is 2.20 bits per heavy atom. The van der Waals surface area contributed by atoms with Crippen molar-refractivity contribution in [2.45, 2.75) is 33.6 Å². The number of amides is 2. The van der Waals surface area contributed by atoms with E-state index in [0.717, 1.165) is 43.1 Å². The largest absolute Gasteiger partial charge is 0.355 e. The molecule has 3 rings (SSSR count). The second kappa shape index (κ2) is 7.37. The molecule has 1 aromatic rings. The van der Waals surface area contributed by atoms with Crippen LogP contribution in [0.1, 0.15) is 31.2 Å². The highest BCUT2D eigenvalue weighted by Crippen LogP contribution is 2.25. The van der Waals surface area contributed by atoms with E-state index in [1.165, 1.54) is 0 Å². The maximum atomic E-state index is 12.8. The van der Waals surface area contributed by atoms with E-state index < -0.39 is 0 Å². The number of nitrogens with zero attached hydrogens (tertiary/aromatic N) is 5. The SMILES string of the molecule is CC(=O)N1CCN(C(=O)C2CCN(c3nc(C)cnc3C)CC2)CC1. The minimum atomic E-state index is 0.0817. The summed E-state index contributed by atoms with van der Waals surface area (Å²) in [5.41, 5.74) is 1.86. The average Bonchev–Trinajstić information content (AvgIpc) is 2.63. The molecule has 0 saturated carbocycles. The molecular formula is C18H27N5O2. The predicted molar refractivity (Wildman–Crippen MR) is 95.3 cm³/mol. The topological polar surface area (TPSA) is 69.6 Å². The van der Waals surface area contributed by atoms with Crippen molar-refractivity contribution < 1.29 is 9.59 Å². The summed E-state index contributed by atoms with van der Waals surface area (Å²) in [5, 5.41) is 0. The number of rotatable bonds is 2. The monoisotopic (exact) mass is 345 g/mol. The van der Waals surface area contributed by atoms with Gasteiger partial charge in [-0.3, -0.25) is 14.6 Å². The summed E-state index contributed by atoms with van der Waals surface area (Å²) >= 11 is 0. The number of carbonyl (C=O) groups excluding carboxylic acids is 2. The van der Waals surface area contributed by atoms with Crippen molar-refractivity contribution in [3.05, 3.63) is 17.6 Å². The van der Waals surface area contributed by atoms with Crippen molar-refractivity contribution in [1.82, 2.24) is 19.8 Å². The summed E-state index contributed by atoms with van der Waals surface area (Å²) < 4.78 is 0. The molecule has 1 aromatic heterocycles. The van der Waals surface area contributed by atoms with Crippen LogP contribution >= 0.6 is 0 Å². The van der Waals surface area contributed by atoms with E-state index in [1.54, 1.807) is 13.1 Å². The van der Waals surface area contributed by atoms with Gasteiger partial charge in [0.15, 0.2) is 0 Å². The Balaban J connectivity index is 1.54. The summed E-state index contributed by atoms with van der Waals surface area (Å²) in [6.45, 7) is 9.80. The number of piperazine rings is 1. The minimum Gasteiger partial charge on any atom is -0.355 e. The number of anilines is 1. The molecule has 2 aliphatic rings. The van der Waals surface area contributed by atoms with Crippen LogP contribution < -0.4 is 4.90 Å². The summed E-state index contributed by atoms with van der Waals surface area (Å²) in [6, 6.07) is 0. The van der Waals surface area contributed by atoms with Gasteiger partial charge in [0.25, 0.3) is 0 Å². The Morgan fingerprint density at radius 1 is 1.00 bits per heavy atom. The molecule has 0 atom stereocenters. The van der Waals surface area contributed by atoms with E-state index in [4.69, 9.17) is 0 Å². The highest BCUT2D eigenvalue weighted by Gasteiger charge is 2.31. The third-order valence-corrected chi connectivity index (χ3v) is 5.23. The molecule has 0 aromatic carbocycles. The molecule has 0 bridgehead atoms. The first-order valence-corrected chi connectivity index (χ1v) is 9.05. The molecule has 0 aliphatic carbocycles. The van der Waals surface area contributed by atoms with Gasteiger partial charge in [-0.2, -0.15) is 0 Å². The molecule has 7 heteroatoms. The Bertz CT molecular complexity index is 647. The van der Waals surface area contributed by atoms with E-state index in [0.29, 0.717) is 26.2 Å². The van der Waals surface area contributed by atoms with Gasteiger partial charge in [-0.05, 0) is 26.7 Å². The number of aromatic nitrogens is 2. The van der Waals surface area contributed by atoms with Crippen LogP contribution in [-0.4, -0.2) is 70.9 Å². The van der Waals surface area contributed by atoms with E-state index in [9.17, 15) is 9.59 Å². The molecule has 0 N–H and O–H groups in total. The first-order chi connectivity index (χ1) is 12.0. The van der Waals surface area contributed by atoms with Crippen LogP contribution in [0.25, 0.3) is 0 Å². The molecule has 0 unspecified atom stereocenters. The molecule has 25 heavy (non-hydrogen) atoms. The van der Waals surface area contributed by atoms with Crippen LogP contribution in [0.4, 0.5) is 5.82 Å². The molecule has 7 nitrogen and oxygen atoms in total. The Morgan fingerprint density at radius 2 is 1.60 bits per heavy atom. The van der Waals surface area contributed by atoms with Gasteiger partial charge in [0.05, 0.1) is 11.4 Å². The van der Waals surface area contributed by atoms with Crippen LogP contribution in [0.3, 0.4) is 0 Å². The third kappa shape index (κ3) is 3.91. The van der Waals surface area contributed by atoms with Gasteiger partial charge in [0, 0.05) is 58.3 Å². The lowest BCUT2D eigenvalue weighted by Crippen LogP contribution is -2.52. The molecule has 136 valence electrons. The van der Waals surface area contributed by atoms with Crippen molar-refractivity contribution in [2.24, 2.45) is 5.92 Å². The zero-order valence-electron chi connectivity index (χ0n) is 15.4. The van der Waals surface area contributed by atoms with Crippen LogP contribution in [0.15, 0.2) is 6.20 Å². The number of hydrogen-bond donors (Lipinski definition) is 0. The molecule has 3 heterocycles. The number of piperidine rings is 1. The Kier molecular flexibility index (Phi) is 5.20. The smallest absolute Gasteiger partial charge is 0.225 e. The summed E-state index contributed by atoms with van der Waals surface area (Å²) in [6.07, 6.45) is 3.48. The second-order valence-corrected chi connectivity index (χ2v) is 7.01. The van der Waals surface area contributed by atoms with Crippen molar-refractivity contribution in [2.75, 3.05) is 44.2 Å². The van der Waals surface area contributed by atoms with Crippen LogP contribution in [-0.2, 0) is 9.59 Å². The predicted octanol–water partition coefficient (Wildman–Crippen LogP) is 1.00. The molecule has 0 spiro atoms. The standard InChI is InChI=1S/C18H27N5O2/c1-13-12-19-14(2)17(20-13)22-6-4-16(5-7-22)18(25)23-10-8-21(9-11-23)15(3)24/h12,16H,4-11H2,1-3H3. The highest BCUT2D eigenvalue weighted by molar-refractivity contribution is 5.80. The number of hydrogen-bond acceptors (Lipinski definition) is 5. The summed E-state index contributed by atoms with van der Waals surface area (Å²) in [5.74, 6) is 1.36. The quantitative estimate of drug-likeness (QED) is 0.800.